The summed E-state index contributed by atoms with van der Waals surface area (Å²) in [6, 6.07) is 2.18. The smallest absolute Gasteiger partial charge is 0.137 e. The summed E-state index contributed by atoms with van der Waals surface area (Å²) in [4.78, 5) is 13.2. The van der Waals surface area contributed by atoms with Crippen LogP contribution in [0.25, 0.3) is 0 Å². The topological polar surface area (TPSA) is 38.1 Å². The average molecular weight is 221 g/mol. The molecule has 1 aromatic heterocycles. The largest absolute Gasteiger partial charge is 0.302 e. The number of nitrogens with zero attached hydrogens (tertiary/aromatic N) is 3. The van der Waals surface area contributed by atoms with Gasteiger partial charge in [0.2, 0.25) is 0 Å². The van der Waals surface area contributed by atoms with E-state index in [0.29, 0.717) is 0 Å². The first-order valence-corrected chi connectivity index (χ1v) is 5.97. The van der Waals surface area contributed by atoms with Crippen LogP contribution in [0, 0.1) is 0 Å². The summed E-state index contributed by atoms with van der Waals surface area (Å²) in [7, 11) is 1.96. The highest BCUT2D eigenvalue weighted by molar-refractivity contribution is 5.57. The van der Waals surface area contributed by atoms with Gasteiger partial charge in [0.05, 0.1) is 6.04 Å². The zero-order chi connectivity index (χ0) is 11.4. The van der Waals surface area contributed by atoms with E-state index >= 15 is 0 Å². The number of piperidine rings is 1. The van der Waals surface area contributed by atoms with Crippen LogP contribution in [0.4, 0.5) is 0 Å². The van der Waals surface area contributed by atoms with Crippen LogP contribution in [0.5, 0.6) is 0 Å². The van der Waals surface area contributed by atoms with Crippen molar-refractivity contribution in [3.05, 3.63) is 18.0 Å². The first-order valence-electron chi connectivity index (χ1n) is 5.97. The van der Waals surface area contributed by atoms with E-state index < -0.39 is 0 Å². The molecule has 1 aromatic rings. The van der Waals surface area contributed by atoms with Crippen molar-refractivity contribution in [2.75, 3.05) is 13.1 Å². The zero-order valence-electron chi connectivity index (χ0n) is 9.80. The SMILES string of the molecule is Cn1nccc1CCN1CCCCC1C=O. The first kappa shape index (κ1) is 11.3. The number of carbonyl (C=O) groups is 1. The monoisotopic (exact) mass is 221 g/mol. The van der Waals surface area contributed by atoms with Gasteiger partial charge in [-0.05, 0) is 25.5 Å². The van der Waals surface area contributed by atoms with Crippen molar-refractivity contribution in [2.24, 2.45) is 7.05 Å². The van der Waals surface area contributed by atoms with E-state index in [1.807, 2.05) is 24.0 Å². The number of hydrogen-bond acceptors (Lipinski definition) is 3. The molecule has 0 aromatic carbocycles. The molecule has 16 heavy (non-hydrogen) atoms. The molecular weight excluding hydrogens is 202 g/mol. The molecular formula is C12H19N3O. The first-order chi connectivity index (χ1) is 7.81. The van der Waals surface area contributed by atoms with Crippen molar-refractivity contribution in [3.63, 3.8) is 0 Å². The van der Waals surface area contributed by atoms with Gasteiger partial charge in [-0.2, -0.15) is 5.10 Å². The summed E-state index contributed by atoms with van der Waals surface area (Å²) in [5.41, 5.74) is 1.23. The van der Waals surface area contributed by atoms with Gasteiger partial charge in [0.15, 0.2) is 0 Å². The molecule has 1 aliphatic rings. The molecule has 2 heterocycles. The Morgan fingerprint density at radius 3 is 3.12 bits per heavy atom. The van der Waals surface area contributed by atoms with Crippen LogP contribution >= 0.6 is 0 Å². The second-order valence-corrected chi connectivity index (χ2v) is 4.43. The fourth-order valence-electron chi connectivity index (χ4n) is 2.35. The predicted octanol–water partition coefficient (Wildman–Crippen LogP) is 1.02. The lowest BCUT2D eigenvalue weighted by Gasteiger charge is -2.32. The molecule has 0 N–H and O–H groups in total. The summed E-state index contributed by atoms with van der Waals surface area (Å²) >= 11 is 0. The van der Waals surface area contributed by atoms with Crippen molar-refractivity contribution in [1.82, 2.24) is 14.7 Å². The minimum absolute atomic E-state index is 0.141. The van der Waals surface area contributed by atoms with E-state index in [0.717, 1.165) is 32.2 Å². The highest BCUT2D eigenvalue weighted by Crippen LogP contribution is 2.15. The Hall–Kier alpha value is -1.16. The van der Waals surface area contributed by atoms with Gasteiger partial charge in [-0.3, -0.25) is 9.58 Å². The Labute approximate surface area is 96.2 Å². The molecule has 0 aliphatic carbocycles. The van der Waals surface area contributed by atoms with Gasteiger partial charge < -0.3 is 4.79 Å². The van der Waals surface area contributed by atoms with Crippen LogP contribution in [0.3, 0.4) is 0 Å². The Bertz CT molecular complexity index is 348. The molecule has 0 saturated carbocycles. The summed E-state index contributed by atoms with van der Waals surface area (Å²) in [5, 5.41) is 4.15. The number of carbonyl (C=O) groups excluding carboxylic acids is 1. The molecule has 0 spiro atoms. The van der Waals surface area contributed by atoms with Crippen LogP contribution in [0.1, 0.15) is 25.0 Å². The molecule has 1 aliphatic heterocycles. The molecule has 1 fully saturated rings. The normalized spacial score (nSPS) is 22.2. The van der Waals surface area contributed by atoms with Crippen LogP contribution < -0.4 is 0 Å². The van der Waals surface area contributed by atoms with Gasteiger partial charge in [-0.15, -0.1) is 0 Å². The van der Waals surface area contributed by atoms with Crippen LogP contribution in [0.2, 0.25) is 0 Å². The quantitative estimate of drug-likeness (QED) is 0.712. The Balaban J connectivity index is 1.89. The fraction of sp³-hybridized carbons (Fsp3) is 0.667. The molecule has 2 rings (SSSR count). The molecule has 88 valence electrons. The highest BCUT2D eigenvalue weighted by Gasteiger charge is 2.21. The molecule has 4 heteroatoms. The van der Waals surface area contributed by atoms with Crippen molar-refractivity contribution in [1.29, 1.82) is 0 Å². The van der Waals surface area contributed by atoms with Crippen molar-refractivity contribution in [3.8, 4) is 0 Å². The van der Waals surface area contributed by atoms with E-state index in [2.05, 4.69) is 10.00 Å². The standard InChI is InChI=1S/C12H19N3O/c1-14-11(5-7-13-14)6-9-15-8-3-2-4-12(15)10-16/h5,7,10,12H,2-4,6,8-9H2,1H3. The summed E-state index contributed by atoms with van der Waals surface area (Å²) in [5.74, 6) is 0. The van der Waals surface area contributed by atoms with Crippen LogP contribution in [-0.2, 0) is 18.3 Å². The van der Waals surface area contributed by atoms with Gasteiger partial charge >= 0.3 is 0 Å². The minimum atomic E-state index is 0.141. The number of aldehydes is 1. The molecule has 1 unspecified atom stereocenters. The lowest BCUT2D eigenvalue weighted by atomic mass is 10.0. The number of aryl methyl sites for hydroxylation is 1. The number of likely N-dealkylation sites (tertiary alicyclic amines) is 1. The van der Waals surface area contributed by atoms with Crippen molar-refractivity contribution < 1.29 is 4.79 Å². The summed E-state index contributed by atoms with van der Waals surface area (Å²) in [6.45, 7) is 2.02. The van der Waals surface area contributed by atoms with Gasteiger partial charge in [0, 0.05) is 31.9 Å². The molecule has 4 nitrogen and oxygen atoms in total. The maximum atomic E-state index is 10.9. The van der Waals surface area contributed by atoms with Crippen molar-refractivity contribution >= 4 is 6.29 Å². The van der Waals surface area contributed by atoms with Crippen LogP contribution in [-0.4, -0.2) is 40.1 Å². The molecule has 0 radical (unpaired) electrons. The number of hydrogen-bond donors (Lipinski definition) is 0. The van der Waals surface area contributed by atoms with Gasteiger partial charge in [-0.25, -0.2) is 0 Å². The summed E-state index contributed by atoms with van der Waals surface area (Å²) in [6.07, 6.45) is 7.32. The predicted molar refractivity (Wildman–Crippen MR) is 62.2 cm³/mol. The lowest BCUT2D eigenvalue weighted by molar-refractivity contribution is -0.113. The Kier molecular flexibility index (Phi) is 3.72. The maximum Gasteiger partial charge on any atom is 0.137 e. The molecule has 1 saturated heterocycles. The second kappa shape index (κ2) is 5.25. The Morgan fingerprint density at radius 2 is 2.44 bits per heavy atom. The van der Waals surface area contributed by atoms with E-state index in [1.165, 1.54) is 18.5 Å². The van der Waals surface area contributed by atoms with E-state index in [-0.39, 0.29) is 6.04 Å². The third kappa shape index (κ3) is 2.50. The second-order valence-electron chi connectivity index (χ2n) is 4.43. The van der Waals surface area contributed by atoms with E-state index in [4.69, 9.17) is 0 Å². The zero-order valence-corrected chi connectivity index (χ0v) is 9.80. The van der Waals surface area contributed by atoms with E-state index in [1.54, 1.807) is 0 Å². The molecule has 1 atom stereocenters. The lowest BCUT2D eigenvalue weighted by Crippen LogP contribution is -2.41. The van der Waals surface area contributed by atoms with Crippen LogP contribution in [0.15, 0.2) is 12.3 Å². The average Bonchev–Trinajstić information content (AvgIpc) is 2.72. The van der Waals surface area contributed by atoms with Gasteiger partial charge in [0.25, 0.3) is 0 Å². The molecule has 0 bridgehead atoms. The number of aromatic nitrogens is 2. The third-order valence-electron chi connectivity index (χ3n) is 3.40. The highest BCUT2D eigenvalue weighted by atomic mass is 16.1. The van der Waals surface area contributed by atoms with E-state index in [9.17, 15) is 4.79 Å². The third-order valence-corrected chi connectivity index (χ3v) is 3.40. The number of rotatable bonds is 4. The van der Waals surface area contributed by atoms with Crippen molar-refractivity contribution in [2.45, 2.75) is 31.7 Å². The maximum absolute atomic E-state index is 10.9. The van der Waals surface area contributed by atoms with Gasteiger partial charge in [0.1, 0.15) is 6.29 Å². The minimum Gasteiger partial charge on any atom is -0.302 e. The fourth-order valence-corrected chi connectivity index (χ4v) is 2.35. The molecule has 0 amide bonds. The Morgan fingerprint density at radius 1 is 1.56 bits per heavy atom. The summed E-state index contributed by atoms with van der Waals surface area (Å²) < 4.78 is 1.90. The van der Waals surface area contributed by atoms with Gasteiger partial charge in [-0.1, -0.05) is 6.42 Å².